The Morgan fingerprint density at radius 2 is 2.20 bits per heavy atom. The number of urea groups is 1. The van der Waals surface area contributed by atoms with Gasteiger partial charge in [-0.2, -0.15) is 0 Å². The van der Waals surface area contributed by atoms with Crippen molar-refractivity contribution < 1.29 is 14.3 Å². The molecule has 1 saturated heterocycles. The van der Waals surface area contributed by atoms with E-state index in [0.29, 0.717) is 13.1 Å². The van der Waals surface area contributed by atoms with Crippen LogP contribution in [0.15, 0.2) is 36.9 Å². The van der Waals surface area contributed by atoms with Crippen LogP contribution in [0.4, 0.5) is 4.79 Å². The molecule has 1 aromatic rings. The molecule has 1 aliphatic rings. The van der Waals surface area contributed by atoms with E-state index in [0.717, 1.165) is 24.4 Å². The summed E-state index contributed by atoms with van der Waals surface area (Å²) in [5.41, 5.74) is 1.02. The highest BCUT2D eigenvalue weighted by molar-refractivity contribution is 5.95. The van der Waals surface area contributed by atoms with E-state index in [1.807, 2.05) is 29.2 Å². The van der Waals surface area contributed by atoms with Crippen LogP contribution >= 0.6 is 12.4 Å². The molecule has 1 aliphatic heterocycles. The van der Waals surface area contributed by atoms with Gasteiger partial charge in [-0.05, 0) is 6.07 Å². The lowest BCUT2D eigenvalue weighted by Gasteiger charge is -2.36. The molecule has 0 bridgehead atoms. The topological polar surface area (TPSA) is 82.7 Å². The first-order valence-corrected chi connectivity index (χ1v) is 7.92. The predicted molar refractivity (Wildman–Crippen MR) is 99.2 cm³/mol. The number of imide groups is 1. The van der Waals surface area contributed by atoms with Crippen molar-refractivity contribution >= 4 is 24.3 Å². The van der Waals surface area contributed by atoms with Crippen molar-refractivity contribution in [3.63, 3.8) is 0 Å². The summed E-state index contributed by atoms with van der Waals surface area (Å²) in [5, 5.41) is 8.19. The number of nitrogens with one attached hydrogen (secondary N) is 3. The third kappa shape index (κ3) is 6.04. The van der Waals surface area contributed by atoms with Crippen molar-refractivity contribution in [3.8, 4) is 5.75 Å². The summed E-state index contributed by atoms with van der Waals surface area (Å²) in [6.45, 7) is 6.20. The fraction of sp³-hybridized carbons (Fsp3) is 0.412. The van der Waals surface area contributed by atoms with Crippen molar-refractivity contribution in [2.24, 2.45) is 0 Å². The zero-order chi connectivity index (χ0) is 17.4. The van der Waals surface area contributed by atoms with E-state index < -0.39 is 6.03 Å². The van der Waals surface area contributed by atoms with Crippen molar-refractivity contribution in [3.05, 3.63) is 42.5 Å². The summed E-state index contributed by atoms with van der Waals surface area (Å²) in [7, 11) is 1.63. The lowest BCUT2D eigenvalue weighted by Crippen LogP contribution is -2.51. The van der Waals surface area contributed by atoms with E-state index in [1.165, 1.54) is 0 Å². The van der Waals surface area contributed by atoms with E-state index in [-0.39, 0.29) is 30.9 Å². The average molecular weight is 369 g/mol. The minimum absolute atomic E-state index is 0. The predicted octanol–water partition coefficient (Wildman–Crippen LogP) is 1.08. The molecule has 3 amide bonds. The van der Waals surface area contributed by atoms with E-state index in [9.17, 15) is 9.59 Å². The largest absolute Gasteiger partial charge is 0.496 e. The van der Waals surface area contributed by atoms with Crippen molar-refractivity contribution in [1.29, 1.82) is 0 Å². The molecule has 25 heavy (non-hydrogen) atoms. The Morgan fingerprint density at radius 3 is 2.92 bits per heavy atom. The van der Waals surface area contributed by atoms with Crippen molar-refractivity contribution in [2.75, 3.05) is 39.8 Å². The van der Waals surface area contributed by atoms with Gasteiger partial charge in [-0.3, -0.25) is 15.0 Å². The summed E-state index contributed by atoms with van der Waals surface area (Å²) < 4.78 is 5.43. The van der Waals surface area contributed by atoms with Crippen LogP contribution < -0.4 is 20.7 Å². The maximum absolute atomic E-state index is 12.1. The Morgan fingerprint density at radius 1 is 1.44 bits per heavy atom. The van der Waals surface area contributed by atoms with Crippen LogP contribution in [0.1, 0.15) is 11.6 Å². The monoisotopic (exact) mass is 368 g/mol. The van der Waals surface area contributed by atoms with Gasteiger partial charge < -0.3 is 15.4 Å². The molecule has 1 aromatic carbocycles. The van der Waals surface area contributed by atoms with Crippen molar-refractivity contribution in [1.82, 2.24) is 20.9 Å². The molecular formula is C17H25ClN4O3. The quantitative estimate of drug-likeness (QED) is 0.654. The molecule has 138 valence electrons. The van der Waals surface area contributed by atoms with Gasteiger partial charge >= 0.3 is 6.03 Å². The number of rotatable bonds is 6. The van der Waals surface area contributed by atoms with E-state index in [4.69, 9.17) is 4.74 Å². The molecule has 3 N–H and O–H groups in total. The molecule has 0 aromatic heterocycles. The number of piperazine rings is 1. The molecule has 2 rings (SSSR count). The first-order valence-electron chi connectivity index (χ1n) is 7.92. The van der Waals surface area contributed by atoms with Gasteiger partial charge in [-0.1, -0.05) is 24.3 Å². The number of nitrogens with zero attached hydrogens (tertiary/aromatic N) is 1. The SMILES string of the molecule is C=CCNC(=O)NC(=O)CN1CCNCC1c1ccccc1OC.Cl. The van der Waals surface area contributed by atoms with Gasteiger partial charge in [0.15, 0.2) is 0 Å². The molecule has 1 atom stereocenters. The third-order valence-electron chi connectivity index (χ3n) is 3.86. The first kappa shape index (κ1) is 21.0. The van der Waals surface area contributed by atoms with E-state index >= 15 is 0 Å². The highest BCUT2D eigenvalue weighted by atomic mass is 35.5. The molecule has 0 radical (unpaired) electrons. The van der Waals surface area contributed by atoms with E-state index in [2.05, 4.69) is 22.5 Å². The first-order chi connectivity index (χ1) is 11.7. The molecule has 0 aliphatic carbocycles. The molecule has 8 heteroatoms. The van der Waals surface area contributed by atoms with Gasteiger partial charge in [-0.25, -0.2) is 4.79 Å². The number of benzene rings is 1. The van der Waals surface area contributed by atoms with Crippen LogP contribution in [-0.2, 0) is 4.79 Å². The van der Waals surface area contributed by atoms with Gasteiger partial charge in [0.05, 0.1) is 19.7 Å². The standard InChI is InChI=1S/C17H24N4O3.ClH/c1-3-8-19-17(23)20-16(22)12-21-10-9-18-11-14(21)13-6-4-5-7-15(13)24-2;/h3-7,14,18H,1,8-12H2,2H3,(H2,19,20,22,23);1H. The molecule has 1 fully saturated rings. The highest BCUT2D eigenvalue weighted by Gasteiger charge is 2.27. The number of carbonyl (C=O) groups is 2. The number of ether oxygens (including phenoxy) is 1. The summed E-state index contributed by atoms with van der Waals surface area (Å²) in [6, 6.07) is 7.27. The number of hydrogen-bond acceptors (Lipinski definition) is 5. The van der Waals surface area contributed by atoms with Gasteiger partial charge in [0, 0.05) is 31.7 Å². The molecule has 7 nitrogen and oxygen atoms in total. The molecule has 1 unspecified atom stereocenters. The zero-order valence-electron chi connectivity index (χ0n) is 14.3. The minimum Gasteiger partial charge on any atom is -0.496 e. The van der Waals surface area contributed by atoms with Gasteiger partial charge in [0.25, 0.3) is 0 Å². The van der Waals surface area contributed by atoms with Crippen LogP contribution in [0, 0.1) is 0 Å². The van der Waals surface area contributed by atoms with Crippen LogP contribution in [0.5, 0.6) is 5.75 Å². The summed E-state index contributed by atoms with van der Waals surface area (Å²) in [6.07, 6.45) is 1.55. The maximum Gasteiger partial charge on any atom is 0.321 e. The summed E-state index contributed by atoms with van der Waals surface area (Å²) in [5.74, 6) is 0.457. The highest BCUT2D eigenvalue weighted by Crippen LogP contribution is 2.29. The van der Waals surface area contributed by atoms with Crippen LogP contribution in [0.2, 0.25) is 0 Å². The van der Waals surface area contributed by atoms with Crippen LogP contribution in [0.3, 0.4) is 0 Å². The zero-order valence-corrected chi connectivity index (χ0v) is 15.1. The van der Waals surface area contributed by atoms with E-state index in [1.54, 1.807) is 13.2 Å². The molecule has 1 heterocycles. The van der Waals surface area contributed by atoms with Crippen molar-refractivity contribution in [2.45, 2.75) is 6.04 Å². The third-order valence-corrected chi connectivity index (χ3v) is 3.86. The number of carbonyl (C=O) groups excluding carboxylic acids is 2. The second-order valence-corrected chi connectivity index (χ2v) is 5.48. The Kier molecular flexibility index (Phi) is 8.98. The minimum atomic E-state index is -0.510. The Hall–Kier alpha value is -2.09. The molecule has 0 saturated carbocycles. The smallest absolute Gasteiger partial charge is 0.321 e. The molecular weight excluding hydrogens is 344 g/mol. The fourth-order valence-electron chi connectivity index (χ4n) is 2.74. The maximum atomic E-state index is 12.1. The lowest BCUT2D eigenvalue weighted by atomic mass is 10.0. The molecule has 0 spiro atoms. The fourth-order valence-corrected chi connectivity index (χ4v) is 2.74. The van der Waals surface area contributed by atoms with Gasteiger partial charge in [0.1, 0.15) is 5.75 Å². The number of halogens is 1. The summed E-state index contributed by atoms with van der Waals surface area (Å²) in [4.78, 5) is 25.7. The van der Waals surface area contributed by atoms with Gasteiger partial charge in [0.2, 0.25) is 5.91 Å². The number of para-hydroxylation sites is 1. The Labute approximate surface area is 154 Å². The Balaban J connectivity index is 0.00000312. The normalized spacial score (nSPS) is 17.1. The summed E-state index contributed by atoms with van der Waals surface area (Å²) >= 11 is 0. The number of hydrogen-bond donors (Lipinski definition) is 3. The van der Waals surface area contributed by atoms with Crippen LogP contribution in [-0.4, -0.2) is 56.7 Å². The van der Waals surface area contributed by atoms with Crippen LogP contribution in [0.25, 0.3) is 0 Å². The average Bonchev–Trinajstić information content (AvgIpc) is 2.60. The Bertz CT molecular complexity index is 597. The lowest BCUT2D eigenvalue weighted by molar-refractivity contribution is -0.122. The van der Waals surface area contributed by atoms with Gasteiger partial charge in [-0.15, -0.1) is 19.0 Å². The second-order valence-electron chi connectivity index (χ2n) is 5.48. The number of amides is 3. The number of methoxy groups -OCH3 is 1. The second kappa shape index (κ2) is 10.7.